The summed E-state index contributed by atoms with van der Waals surface area (Å²) in [7, 11) is 1.60. The van der Waals surface area contributed by atoms with E-state index < -0.39 is 5.54 Å². The summed E-state index contributed by atoms with van der Waals surface area (Å²) in [5.41, 5.74) is 0.927. The Kier molecular flexibility index (Phi) is 10.2. The molecule has 0 saturated carbocycles. The van der Waals surface area contributed by atoms with Gasteiger partial charge < -0.3 is 20.1 Å². The predicted molar refractivity (Wildman–Crippen MR) is 132 cm³/mol. The minimum absolute atomic E-state index is 0.0390. The molecule has 2 N–H and O–H groups in total. The van der Waals surface area contributed by atoms with Crippen LogP contribution in [0.15, 0.2) is 48.5 Å². The summed E-state index contributed by atoms with van der Waals surface area (Å²) in [4.78, 5) is 24.2. The first-order valence-corrected chi connectivity index (χ1v) is 11.9. The molecular formula is C27H38N2O4. The summed E-state index contributed by atoms with van der Waals surface area (Å²) in [5.74, 6) is 1.17. The second kappa shape index (κ2) is 12.9. The zero-order valence-electron chi connectivity index (χ0n) is 20.6. The molecule has 2 amide bonds. The molecule has 2 rings (SSSR count). The lowest BCUT2D eigenvalue weighted by molar-refractivity contribution is 0.0785. The monoisotopic (exact) mass is 454 g/mol. The van der Waals surface area contributed by atoms with Gasteiger partial charge in [0, 0.05) is 12.6 Å². The smallest absolute Gasteiger partial charge is 0.408 e. The average Bonchev–Trinajstić information content (AvgIpc) is 2.79. The number of rotatable bonds is 12. The molecule has 0 aliphatic carbocycles. The topological polar surface area (TPSA) is 76.7 Å². The molecule has 180 valence electrons. The van der Waals surface area contributed by atoms with Gasteiger partial charge in [-0.25, -0.2) is 4.79 Å². The Morgan fingerprint density at radius 1 is 0.879 bits per heavy atom. The van der Waals surface area contributed by atoms with E-state index >= 15 is 0 Å². The van der Waals surface area contributed by atoms with Crippen molar-refractivity contribution in [2.24, 2.45) is 0 Å². The lowest BCUT2D eigenvalue weighted by Gasteiger charge is -2.28. The van der Waals surface area contributed by atoms with E-state index in [0.29, 0.717) is 17.1 Å². The van der Waals surface area contributed by atoms with E-state index in [2.05, 4.69) is 24.5 Å². The van der Waals surface area contributed by atoms with Crippen molar-refractivity contribution in [2.75, 3.05) is 7.05 Å². The highest BCUT2D eigenvalue weighted by molar-refractivity contribution is 5.94. The zero-order valence-corrected chi connectivity index (χ0v) is 20.6. The summed E-state index contributed by atoms with van der Waals surface area (Å²) in [6, 6.07) is 14.5. The molecule has 1 atom stereocenters. The van der Waals surface area contributed by atoms with E-state index in [-0.39, 0.29) is 18.1 Å². The minimum atomic E-state index is -0.592. The van der Waals surface area contributed by atoms with Gasteiger partial charge in [-0.05, 0) is 75.1 Å². The fourth-order valence-electron chi connectivity index (χ4n) is 3.61. The van der Waals surface area contributed by atoms with E-state index in [4.69, 9.17) is 9.47 Å². The predicted octanol–water partition coefficient (Wildman–Crippen LogP) is 6.55. The molecular weight excluding hydrogens is 416 g/mol. The Hall–Kier alpha value is -3.02. The molecule has 0 heterocycles. The summed E-state index contributed by atoms with van der Waals surface area (Å²) in [5, 5.41) is 5.60. The molecule has 2 aromatic rings. The standard InChI is InChI=1S/C27H38N2O4/c1-6-8-9-11-22(10-7-2)33-26(31)29-27(3,4)21-14-18-24(19-15-21)32-23-16-12-20(13-17-23)25(30)28-5/h12-19,22H,6-11H2,1-5H3,(H,28,30)(H,29,31). The van der Waals surface area contributed by atoms with Crippen LogP contribution >= 0.6 is 0 Å². The second-order valence-electron chi connectivity index (χ2n) is 8.79. The van der Waals surface area contributed by atoms with Gasteiger partial charge in [-0.15, -0.1) is 0 Å². The van der Waals surface area contributed by atoms with Crippen LogP contribution in [0, 0.1) is 0 Å². The molecule has 0 bridgehead atoms. The average molecular weight is 455 g/mol. The van der Waals surface area contributed by atoms with Crippen LogP contribution in [0.25, 0.3) is 0 Å². The normalized spacial score (nSPS) is 12.0. The number of hydrogen-bond acceptors (Lipinski definition) is 4. The Morgan fingerprint density at radius 3 is 2.03 bits per heavy atom. The van der Waals surface area contributed by atoms with Crippen molar-refractivity contribution in [3.05, 3.63) is 59.7 Å². The van der Waals surface area contributed by atoms with Crippen molar-refractivity contribution in [3.8, 4) is 11.5 Å². The second-order valence-corrected chi connectivity index (χ2v) is 8.79. The molecule has 0 spiro atoms. The van der Waals surface area contributed by atoms with Crippen molar-refractivity contribution in [2.45, 2.75) is 77.9 Å². The van der Waals surface area contributed by atoms with Gasteiger partial charge in [0.15, 0.2) is 0 Å². The fraction of sp³-hybridized carbons (Fsp3) is 0.481. The highest BCUT2D eigenvalue weighted by Gasteiger charge is 2.25. The number of nitrogens with one attached hydrogen (secondary N) is 2. The summed E-state index contributed by atoms with van der Waals surface area (Å²) < 4.78 is 11.6. The van der Waals surface area contributed by atoms with Gasteiger partial charge in [-0.2, -0.15) is 0 Å². The summed E-state index contributed by atoms with van der Waals surface area (Å²) >= 11 is 0. The first kappa shape index (κ1) is 26.2. The maximum absolute atomic E-state index is 12.6. The molecule has 6 nitrogen and oxygen atoms in total. The van der Waals surface area contributed by atoms with Gasteiger partial charge in [-0.3, -0.25) is 4.79 Å². The van der Waals surface area contributed by atoms with Crippen LogP contribution in [0.5, 0.6) is 11.5 Å². The molecule has 2 aromatic carbocycles. The molecule has 6 heteroatoms. The largest absolute Gasteiger partial charge is 0.457 e. The highest BCUT2D eigenvalue weighted by atomic mass is 16.6. The molecule has 33 heavy (non-hydrogen) atoms. The van der Waals surface area contributed by atoms with Gasteiger partial charge in [-0.1, -0.05) is 45.2 Å². The van der Waals surface area contributed by atoms with E-state index in [1.807, 2.05) is 38.1 Å². The van der Waals surface area contributed by atoms with Gasteiger partial charge in [0.2, 0.25) is 0 Å². The number of alkyl carbamates (subject to hydrolysis) is 1. The van der Waals surface area contributed by atoms with Crippen molar-refractivity contribution >= 4 is 12.0 Å². The van der Waals surface area contributed by atoms with Crippen LogP contribution in [0.3, 0.4) is 0 Å². The van der Waals surface area contributed by atoms with E-state index in [9.17, 15) is 9.59 Å². The molecule has 1 unspecified atom stereocenters. The molecule has 0 aliphatic heterocycles. The first-order chi connectivity index (χ1) is 15.8. The quantitative estimate of drug-likeness (QED) is 0.357. The van der Waals surface area contributed by atoms with Crippen LogP contribution in [-0.2, 0) is 10.3 Å². The number of unbranched alkanes of at least 4 members (excludes halogenated alkanes) is 2. The SMILES string of the molecule is CCCCCC(CCC)OC(=O)NC(C)(C)c1ccc(Oc2ccc(C(=O)NC)cc2)cc1. The number of hydrogen-bond donors (Lipinski definition) is 2. The lowest BCUT2D eigenvalue weighted by Crippen LogP contribution is -2.42. The first-order valence-electron chi connectivity index (χ1n) is 11.9. The van der Waals surface area contributed by atoms with Crippen molar-refractivity contribution < 1.29 is 19.1 Å². The van der Waals surface area contributed by atoms with E-state index in [1.54, 1.807) is 31.3 Å². The van der Waals surface area contributed by atoms with Crippen molar-refractivity contribution in [3.63, 3.8) is 0 Å². The molecule has 0 aromatic heterocycles. The molecule has 0 fully saturated rings. The Morgan fingerprint density at radius 2 is 1.48 bits per heavy atom. The Labute approximate surface area is 198 Å². The third kappa shape index (κ3) is 8.44. The minimum Gasteiger partial charge on any atom is -0.457 e. The maximum atomic E-state index is 12.6. The lowest BCUT2D eigenvalue weighted by atomic mass is 9.94. The number of carbonyl (C=O) groups excluding carboxylic acids is 2. The maximum Gasteiger partial charge on any atom is 0.408 e. The number of amides is 2. The van der Waals surface area contributed by atoms with Crippen molar-refractivity contribution in [1.29, 1.82) is 0 Å². The van der Waals surface area contributed by atoms with Crippen LogP contribution in [0.4, 0.5) is 4.79 Å². The molecule has 0 saturated heterocycles. The van der Waals surface area contributed by atoms with Gasteiger partial charge in [0.25, 0.3) is 5.91 Å². The Bertz CT molecular complexity index is 876. The zero-order chi connectivity index (χ0) is 24.3. The molecule has 0 radical (unpaired) electrons. The number of carbonyl (C=O) groups is 2. The van der Waals surface area contributed by atoms with Crippen LogP contribution < -0.4 is 15.4 Å². The number of ether oxygens (including phenoxy) is 2. The Balaban J connectivity index is 1.96. The number of benzene rings is 2. The van der Waals surface area contributed by atoms with E-state index in [0.717, 1.165) is 44.1 Å². The van der Waals surface area contributed by atoms with Gasteiger partial charge >= 0.3 is 6.09 Å². The summed E-state index contributed by atoms with van der Waals surface area (Å²) in [6.07, 6.45) is 5.74. The van der Waals surface area contributed by atoms with Crippen LogP contribution in [-0.4, -0.2) is 25.2 Å². The van der Waals surface area contributed by atoms with Crippen molar-refractivity contribution in [1.82, 2.24) is 10.6 Å². The summed E-state index contributed by atoms with van der Waals surface area (Å²) in [6.45, 7) is 8.18. The third-order valence-corrected chi connectivity index (χ3v) is 5.58. The van der Waals surface area contributed by atoms with Gasteiger partial charge in [0.05, 0.1) is 5.54 Å². The van der Waals surface area contributed by atoms with E-state index in [1.165, 1.54) is 0 Å². The molecule has 0 aliphatic rings. The third-order valence-electron chi connectivity index (χ3n) is 5.58. The highest BCUT2D eigenvalue weighted by Crippen LogP contribution is 2.26. The van der Waals surface area contributed by atoms with Crippen LogP contribution in [0.2, 0.25) is 0 Å². The van der Waals surface area contributed by atoms with Gasteiger partial charge in [0.1, 0.15) is 17.6 Å². The fourth-order valence-corrected chi connectivity index (χ4v) is 3.61. The van der Waals surface area contributed by atoms with Crippen LogP contribution in [0.1, 0.15) is 82.1 Å².